The first-order chi connectivity index (χ1) is 7.04. The molecule has 1 unspecified atom stereocenters. The molecule has 0 saturated carbocycles. The Labute approximate surface area is 95.4 Å². The van der Waals surface area contributed by atoms with Crippen molar-refractivity contribution in [2.45, 2.75) is 41.0 Å². The van der Waals surface area contributed by atoms with Crippen LogP contribution in [-0.4, -0.2) is 7.28 Å². The molecule has 0 aromatic heterocycles. The van der Waals surface area contributed by atoms with E-state index in [1.165, 1.54) is 17.6 Å². The summed E-state index contributed by atoms with van der Waals surface area (Å²) in [5.41, 5.74) is 4.48. The van der Waals surface area contributed by atoms with Gasteiger partial charge in [-0.25, -0.2) is 0 Å². The molecule has 1 heteroatoms. The van der Waals surface area contributed by atoms with E-state index in [2.05, 4.69) is 52.7 Å². The molecule has 0 aliphatic carbocycles. The van der Waals surface area contributed by atoms with Gasteiger partial charge >= 0.3 is 0 Å². The molecule has 0 radical (unpaired) electrons. The summed E-state index contributed by atoms with van der Waals surface area (Å²) in [6.45, 7) is 11.3. The molecular weight excluding hydrogens is 179 g/mol. The van der Waals surface area contributed by atoms with Gasteiger partial charge in [0.25, 0.3) is 0 Å². The molecule has 0 fully saturated rings. The standard InChI is InChI=1S/C14H23B/c1-6-12(5)13-7-11(4)8-14(10(2)3)15-9-13/h7-10,12,15H,6H2,1-5H3. The molecule has 0 aromatic rings. The topological polar surface area (TPSA) is 0 Å². The van der Waals surface area contributed by atoms with E-state index in [9.17, 15) is 0 Å². The Morgan fingerprint density at radius 3 is 2.40 bits per heavy atom. The molecule has 1 heterocycles. The lowest BCUT2D eigenvalue weighted by Gasteiger charge is -2.10. The maximum absolute atomic E-state index is 2.41. The second-order valence-corrected chi connectivity index (χ2v) is 4.98. The van der Waals surface area contributed by atoms with Crippen LogP contribution in [-0.2, 0) is 0 Å². The Bertz CT molecular complexity index is 305. The van der Waals surface area contributed by atoms with Crippen molar-refractivity contribution >= 4 is 7.28 Å². The molecule has 0 spiro atoms. The van der Waals surface area contributed by atoms with Gasteiger partial charge in [0.1, 0.15) is 0 Å². The van der Waals surface area contributed by atoms with Crippen molar-refractivity contribution in [3.05, 3.63) is 34.7 Å². The Morgan fingerprint density at radius 2 is 1.87 bits per heavy atom. The van der Waals surface area contributed by atoms with E-state index in [4.69, 9.17) is 0 Å². The van der Waals surface area contributed by atoms with E-state index >= 15 is 0 Å². The van der Waals surface area contributed by atoms with Gasteiger partial charge in [0.2, 0.25) is 0 Å². The molecule has 0 N–H and O–H groups in total. The van der Waals surface area contributed by atoms with E-state index < -0.39 is 0 Å². The zero-order chi connectivity index (χ0) is 11.4. The first-order valence-corrected chi connectivity index (χ1v) is 6.13. The predicted molar refractivity (Wildman–Crippen MR) is 71.4 cm³/mol. The minimum atomic E-state index is 0.667. The fourth-order valence-electron chi connectivity index (χ4n) is 1.93. The van der Waals surface area contributed by atoms with Crippen molar-refractivity contribution < 1.29 is 0 Å². The Hall–Kier alpha value is -0.715. The van der Waals surface area contributed by atoms with E-state index in [1.807, 2.05) is 0 Å². The molecular formula is C14H23B. The highest BCUT2D eigenvalue weighted by atomic mass is 14.1. The fraction of sp³-hybridized carbons (Fsp3) is 0.571. The minimum absolute atomic E-state index is 0.667. The average molecular weight is 202 g/mol. The van der Waals surface area contributed by atoms with Crippen LogP contribution in [0.2, 0.25) is 0 Å². The number of hydrogen-bond acceptors (Lipinski definition) is 0. The third-order valence-corrected chi connectivity index (χ3v) is 3.30. The molecule has 1 rings (SSSR count). The second-order valence-electron chi connectivity index (χ2n) is 4.98. The highest BCUT2D eigenvalue weighted by molar-refractivity contribution is 6.51. The van der Waals surface area contributed by atoms with Crippen LogP contribution >= 0.6 is 0 Å². The Kier molecular flexibility index (Phi) is 4.44. The van der Waals surface area contributed by atoms with Gasteiger partial charge < -0.3 is 0 Å². The molecule has 82 valence electrons. The van der Waals surface area contributed by atoms with Crippen LogP contribution < -0.4 is 0 Å². The van der Waals surface area contributed by atoms with Crippen molar-refractivity contribution in [2.24, 2.45) is 11.8 Å². The highest BCUT2D eigenvalue weighted by Gasteiger charge is 2.10. The van der Waals surface area contributed by atoms with Gasteiger partial charge in [0.15, 0.2) is 7.28 Å². The second kappa shape index (κ2) is 5.39. The maximum Gasteiger partial charge on any atom is 0.178 e. The lowest BCUT2D eigenvalue weighted by Crippen LogP contribution is -2.03. The summed E-state index contributed by atoms with van der Waals surface area (Å²) in [4.78, 5) is 0. The van der Waals surface area contributed by atoms with Crippen LogP contribution in [0.1, 0.15) is 41.0 Å². The summed E-state index contributed by atoms with van der Waals surface area (Å²) in [7, 11) is 1.13. The summed E-state index contributed by atoms with van der Waals surface area (Å²) < 4.78 is 0. The smallest absolute Gasteiger partial charge is 0.111 e. The third kappa shape index (κ3) is 3.41. The van der Waals surface area contributed by atoms with Crippen molar-refractivity contribution in [3.8, 4) is 0 Å². The van der Waals surface area contributed by atoms with Gasteiger partial charge in [-0.05, 0) is 25.2 Å². The van der Waals surface area contributed by atoms with Gasteiger partial charge in [0.05, 0.1) is 0 Å². The van der Waals surface area contributed by atoms with Gasteiger partial charge in [-0.1, -0.05) is 56.5 Å². The van der Waals surface area contributed by atoms with Crippen molar-refractivity contribution in [2.75, 3.05) is 0 Å². The molecule has 0 nitrogen and oxygen atoms in total. The summed E-state index contributed by atoms with van der Waals surface area (Å²) >= 11 is 0. The first kappa shape index (κ1) is 12.4. The third-order valence-electron chi connectivity index (χ3n) is 3.30. The SMILES string of the molecule is CCC(C)C1=CBC(C(C)C)=CC(C)=C1. The van der Waals surface area contributed by atoms with E-state index in [0.717, 1.165) is 7.28 Å². The fourth-order valence-corrected chi connectivity index (χ4v) is 1.93. The highest BCUT2D eigenvalue weighted by Crippen LogP contribution is 2.22. The van der Waals surface area contributed by atoms with Gasteiger partial charge in [-0.15, -0.1) is 5.98 Å². The molecule has 0 amide bonds. The molecule has 15 heavy (non-hydrogen) atoms. The van der Waals surface area contributed by atoms with Gasteiger partial charge in [-0.2, -0.15) is 0 Å². The van der Waals surface area contributed by atoms with Crippen molar-refractivity contribution in [1.82, 2.24) is 0 Å². The molecule has 0 aromatic carbocycles. The summed E-state index contributed by atoms with van der Waals surface area (Å²) in [5.74, 6) is 3.77. The van der Waals surface area contributed by atoms with Gasteiger partial charge in [0, 0.05) is 0 Å². The number of rotatable bonds is 3. The molecule has 1 aliphatic rings. The van der Waals surface area contributed by atoms with Crippen molar-refractivity contribution in [1.29, 1.82) is 0 Å². The Balaban J connectivity index is 2.89. The Morgan fingerprint density at radius 1 is 1.20 bits per heavy atom. The summed E-state index contributed by atoms with van der Waals surface area (Å²) in [6.07, 6.45) is 5.94. The molecule has 1 aliphatic heterocycles. The van der Waals surface area contributed by atoms with E-state index in [-0.39, 0.29) is 0 Å². The normalized spacial score (nSPS) is 18.7. The van der Waals surface area contributed by atoms with Crippen LogP contribution in [0, 0.1) is 11.8 Å². The zero-order valence-corrected chi connectivity index (χ0v) is 10.8. The summed E-state index contributed by atoms with van der Waals surface area (Å²) in [6, 6.07) is 0. The van der Waals surface area contributed by atoms with Crippen LogP contribution in [0.15, 0.2) is 34.7 Å². The van der Waals surface area contributed by atoms with E-state index in [1.54, 1.807) is 5.47 Å². The zero-order valence-electron chi connectivity index (χ0n) is 10.8. The molecule has 1 atom stereocenters. The van der Waals surface area contributed by atoms with Crippen LogP contribution in [0.25, 0.3) is 0 Å². The largest absolute Gasteiger partial charge is 0.178 e. The maximum atomic E-state index is 2.41. The van der Waals surface area contributed by atoms with Gasteiger partial charge in [-0.3, -0.25) is 0 Å². The van der Waals surface area contributed by atoms with Crippen molar-refractivity contribution in [3.63, 3.8) is 0 Å². The minimum Gasteiger partial charge on any atom is -0.111 e. The monoisotopic (exact) mass is 202 g/mol. The lowest BCUT2D eigenvalue weighted by molar-refractivity contribution is 0.671. The number of hydrogen-bond donors (Lipinski definition) is 0. The predicted octanol–water partition coefficient (Wildman–Crippen LogP) is 3.85. The molecule has 0 bridgehead atoms. The molecule has 0 saturated heterocycles. The summed E-state index contributed by atoms with van der Waals surface area (Å²) in [5, 5.41) is 0. The van der Waals surface area contributed by atoms with Crippen LogP contribution in [0.5, 0.6) is 0 Å². The quantitative estimate of drug-likeness (QED) is 0.609. The van der Waals surface area contributed by atoms with Crippen LogP contribution in [0.4, 0.5) is 0 Å². The van der Waals surface area contributed by atoms with Crippen LogP contribution in [0.3, 0.4) is 0 Å². The number of allylic oxidation sites excluding steroid dienone is 5. The first-order valence-electron chi connectivity index (χ1n) is 6.13. The lowest BCUT2D eigenvalue weighted by atomic mass is 9.64. The van der Waals surface area contributed by atoms with E-state index in [0.29, 0.717) is 11.8 Å². The average Bonchev–Trinajstić information content (AvgIpc) is 2.38.